The number of ether oxygens (including phenoxy) is 1. The fourth-order valence-corrected chi connectivity index (χ4v) is 2.47. The van der Waals surface area contributed by atoms with Crippen molar-refractivity contribution in [1.29, 1.82) is 0 Å². The van der Waals surface area contributed by atoms with Crippen LogP contribution >= 0.6 is 0 Å². The summed E-state index contributed by atoms with van der Waals surface area (Å²) in [5, 5.41) is 12.1. The SMILES string of the molecule is CC(C)(C)OC(=O)C(Nc1cc(-c2nc(C(=O)O)co2)ccn1)C1CC1. The minimum absolute atomic E-state index is 0.170. The van der Waals surface area contributed by atoms with Gasteiger partial charge < -0.3 is 19.6 Å². The highest BCUT2D eigenvalue weighted by atomic mass is 16.6. The summed E-state index contributed by atoms with van der Waals surface area (Å²) in [6, 6.07) is 2.84. The highest BCUT2D eigenvalue weighted by Crippen LogP contribution is 2.35. The molecule has 2 aromatic rings. The Morgan fingerprint density at radius 3 is 2.69 bits per heavy atom. The van der Waals surface area contributed by atoms with E-state index in [0.29, 0.717) is 11.4 Å². The number of oxazole rings is 1. The normalized spacial score (nSPS) is 15.3. The number of pyridine rings is 1. The zero-order valence-electron chi connectivity index (χ0n) is 14.9. The van der Waals surface area contributed by atoms with Gasteiger partial charge in [0.05, 0.1) is 0 Å². The Labute approximate surface area is 150 Å². The second-order valence-electron chi connectivity index (χ2n) is 7.27. The van der Waals surface area contributed by atoms with E-state index in [1.165, 1.54) is 0 Å². The number of carbonyl (C=O) groups excluding carboxylic acids is 1. The number of nitrogens with one attached hydrogen (secondary N) is 1. The molecule has 138 valence electrons. The molecule has 1 unspecified atom stereocenters. The monoisotopic (exact) mass is 359 g/mol. The fraction of sp³-hybridized carbons (Fsp3) is 0.444. The third kappa shape index (κ3) is 4.38. The molecule has 26 heavy (non-hydrogen) atoms. The first kappa shape index (κ1) is 17.9. The van der Waals surface area contributed by atoms with Crippen molar-refractivity contribution in [2.75, 3.05) is 5.32 Å². The van der Waals surface area contributed by atoms with E-state index in [9.17, 15) is 9.59 Å². The molecule has 0 radical (unpaired) electrons. The lowest BCUT2D eigenvalue weighted by Crippen LogP contribution is -2.38. The number of aromatic nitrogens is 2. The van der Waals surface area contributed by atoms with Crippen molar-refractivity contribution in [3.05, 3.63) is 30.3 Å². The maximum Gasteiger partial charge on any atom is 0.357 e. The number of hydrogen-bond acceptors (Lipinski definition) is 7. The molecule has 0 aliphatic heterocycles. The molecule has 0 aromatic carbocycles. The summed E-state index contributed by atoms with van der Waals surface area (Å²) in [5.41, 5.74) is -0.170. The summed E-state index contributed by atoms with van der Waals surface area (Å²) in [4.78, 5) is 31.5. The van der Waals surface area contributed by atoms with Crippen LogP contribution in [0.2, 0.25) is 0 Å². The van der Waals surface area contributed by atoms with Gasteiger partial charge in [-0.1, -0.05) is 0 Å². The Bertz CT molecular complexity index is 820. The molecule has 8 heteroatoms. The highest BCUT2D eigenvalue weighted by molar-refractivity contribution is 5.85. The fourth-order valence-electron chi connectivity index (χ4n) is 2.47. The van der Waals surface area contributed by atoms with Gasteiger partial charge in [0.25, 0.3) is 0 Å². The number of carbonyl (C=O) groups is 2. The van der Waals surface area contributed by atoms with Crippen molar-refractivity contribution < 1.29 is 23.8 Å². The van der Waals surface area contributed by atoms with Gasteiger partial charge in [0.1, 0.15) is 23.7 Å². The van der Waals surface area contributed by atoms with E-state index < -0.39 is 17.6 Å². The zero-order chi connectivity index (χ0) is 18.9. The highest BCUT2D eigenvalue weighted by Gasteiger charge is 2.39. The lowest BCUT2D eigenvalue weighted by atomic mass is 10.1. The largest absolute Gasteiger partial charge is 0.476 e. The maximum absolute atomic E-state index is 12.5. The van der Waals surface area contributed by atoms with Crippen LogP contribution < -0.4 is 5.32 Å². The topological polar surface area (TPSA) is 115 Å². The number of rotatable bonds is 6. The third-order valence-corrected chi connectivity index (χ3v) is 3.79. The van der Waals surface area contributed by atoms with Crippen molar-refractivity contribution in [3.8, 4) is 11.5 Å². The zero-order valence-corrected chi connectivity index (χ0v) is 14.9. The van der Waals surface area contributed by atoms with Crippen molar-refractivity contribution in [2.45, 2.75) is 45.3 Å². The van der Waals surface area contributed by atoms with Crippen LogP contribution in [0, 0.1) is 5.92 Å². The predicted octanol–water partition coefficient (Wildman–Crippen LogP) is 2.97. The summed E-state index contributed by atoms with van der Waals surface area (Å²) in [6.45, 7) is 5.49. The van der Waals surface area contributed by atoms with E-state index in [-0.39, 0.29) is 23.5 Å². The number of aromatic carboxylic acids is 1. The van der Waals surface area contributed by atoms with Crippen LogP contribution in [0.1, 0.15) is 44.1 Å². The maximum atomic E-state index is 12.5. The first-order chi connectivity index (χ1) is 12.2. The summed E-state index contributed by atoms with van der Waals surface area (Å²) in [6.07, 6.45) is 4.54. The van der Waals surface area contributed by atoms with Crippen molar-refractivity contribution >= 4 is 17.8 Å². The number of esters is 1. The third-order valence-electron chi connectivity index (χ3n) is 3.79. The van der Waals surface area contributed by atoms with E-state index in [4.69, 9.17) is 14.3 Å². The molecule has 0 spiro atoms. The molecular weight excluding hydrogens is 338 g/mol. The van der Waals surface area contributed by atoms with E-state index in [0.717, 1.165) is 19.1 Å². The van der Waals surface area contributed by atoms with Crippen LogP contribution in [0.5, 0.6) is 0 Å². The molecule has 2 aromatic heterocycles. The van der Waals surface area contributed by atoms with Gasteiger partial charge in [0.15, 0.2) is 5.69 Å². The lowest BCUT2D eigenvalue weighted by molar-refractivity contribution is -0.156. The van der Waals surface area contributed by atoms with Gasteiger partial charge in [-0.2, -0.15) is 0 Å². The average Bonchev–Trinajstić information content (AvgIpc) is 3.26. The Morgan fingerprint density at radius 1 is 1.38 bits per heavy atom. The Kier molecular flexibility index (Phi) is 4.67. The molecule has 1 aliphatic carbocycles. The first-order valence-electron chi connectivity index (χ1n) is 8.37. The first-order valence-corrected chi connectivity index (χ1v) is 8.37. The summed E-state index contributed by atoms with van der Waals surface area (Å²) in [7, 11) is 0. The molecule has 3 rings (SSSR count). The van der Waals surface area contributed by atoms with Crippen molar-refractivity contribution in [1.82, 2.24) is 9.97 Å². The van der Waals surface area contributed by atoms with Crippen molar-refractivity contribution in [3.63, 3.8) is 0 Å². The average molecular weight is 359 g/mol. The van der Waals surface area contributed by atoms with Crippen LogP contribution in [0.3, 0.4) is 0 Å². The molecular formula is C18H21N3O5. The van der Waals surface area contributed by atoms with Crippen LogP contribution in [-0.4, -0.2) is 38.7 Å². The molecule has 2 N–H and O–H groups in total. The minimum atomic E-state index is -1.16. The minimum Gasteiger partial charge on any atom is -0.476 e. The molecule has 0 bridgehead atoms. The number of carboxylic acid groups (broad SMARTS) is 1. The second-order valence-corrected chi connectivity index (χ2v) is 7.27. The molecule has 0 amide bonds. The molecule has 1 aliphatic rings. The summed E-state index contributed by atoms with van der Waals surface area (Å²) < 4.78 is 10.7. The molecule has 8 nitrogen and oxygen atoms in total. The van der Waals surface area contributed by atoms with Crippen molar-refractivity contribution in [2.24, 2.45) is 5.92 Å². The summed E-state index contributed by atoms with van der Waals surface area (Å²) in [5.74, 6) is -0.605. The smallest absolute Gasteiger partial charge is 0.357 e. The number of carboxylic acids is 1. The van der Waals surface area contributed by atoms with Crippen LogP contribution in [0.15, 0.2) is 29.0 Å². The standard InChI is InChI=1S/C18H21N3O5/c1-18(2,3)26-17(24)14(10-4-5-10)21-13-8-11(6-7-19-13)15-20-12(9-25-15)16(22)23/h6-10,14H,4-5H2,1-3H3,(H,19,21)(H,22,23). The van der Waals surface area contributed by atoms with Gasteiger partial charge in [0, 0.05) is 11.8 Å². The van der Waals surface area contributed by atoms with Crippen LogP contribution in [-0.2, 0) is 9.53 Å². The molecule has 2 heterocycles. The number of anilines is 1. The van der Waals surface area contributed by atoms with E-state index in [1.54, 1.807) is 18.3 Å². The van der Waals surface area contributed by atoms with Gasteiger partial charge in [-0.3, -0.25) is 0 Å². The molecule has 1 fully saturated rings. The molecule has 0 saturated heterocycles. The Hall–Kier alpha value is -2.90. The quantitative estimate of drug-likeness (QED) is 0.757. The Balaban J connectivity index is 1.78. The predicted molar refractivity (Wildman–Crippen MR) is 92.7 cm³/mol. The molecule has 1 saturated carbocycles. The van der Waals surface area contributed by atoms with Gasteiger partial charge in [-0.25, -0.2) is 19.6 Å². The van der Waals surface area contributed by atoms with Crippen LogP contribution in [0.25, 0.3) is 11.5 Å². The summed E-state index contributed by atoms with van der Waals surface area (Å²) >= 11 is 0. The van der Waals surface area contributed by atoms with Crippen LogP contribution in [0.4, 0.5) is 5.82 Å². The van der Waals surface area contributed by atoms with E-state index in [1.807, 2.05) is 20.8 Å². The van der Waals surface area contributed by atoms with Gasteiger partial charge in [-0.05, 0) is 51.7 Å². The molecule has 1 atom stereocenters. The number of nitrogens with zero attached hydrogens (tertiary/aromatic N) is 2. The van der Waals surface area contributed by atoms with E-state index >= 15 is 0 Å². The lowest BCUT2D eigenvalue weighted by Gasteiger charge is -2.24. The van der Waals surface area contributed by atoms with Gasteiger partial charge >= 0.3 is 11.9 Å². The Morgan fingerprint density at radius 2 is 2.12 bits per heavy atom. The second kappa shape index (κ2) is 6.78. The van der Waals surface area contributed by atoms with Gasteiger partial charge in [0.2, 0.25) is 5.89 Å². The number of hydrogen-bond donors (Lipinski definition) is 2. The van der Waals surface area contributed by atoms with Gasteiger partial charge in [-0.15, -0.1) is 0 Å². The van der Waals surface area contributed by atoms with E-state index in [2.05, 4.69) is 15.3 Å².